The van der Waals surface area contributed by atoms with E-state index in [0.717, 1.165) is 4.57 Å². The second-order valence-electron chi connectivity index (χ2n) is 11.5. The van der Waals surface area contributed by atoms with Crippen molar-refractivity contribution in [1.29, 1.82) is 0 Å². The van der Waals surface area contributed by atoms with Gasteiger partial charge in [-0.3, -0.25) is 0 Å². The minimum atomic E-state index is -1.17. The third-order valence-electron chi connectivity index (χ3n) is 8.72. The van der Waals surface area contributed by atoms with Gasteiger partial charge >= 0.3 is 0 Å². The molecule has 0 radical (unpaired) electrons. The molecular formula is C49H33N3. The van der Waals surface area contributed by atoms with E-state index in [0.29, 0.717) is 9.13 Å². The molecule has 52 heavy (non-hydrogen) atoms. The first-order valence-electron chi connectivity index (χ1n) is 30.5. The van der Waals surface area contributed by atoms with E-state index >= 15 is 0 Å². The van der Waals surface area contributed by atoms with Crippen LogP contribution in [-0.2, 0) is 0 Å². The molecule has 11 rings (SSSR count). The van der Waals surface area contributed by atoms with Crippen LogP contribution in [0.1, 0.15) is 46.7 Å². The molecule has 3 heteroatoms. The van der Waals surface area contributed by atoms with Gasteiger partial charge in [0.25, 0.3) is 0 Å². The number of nitrogens with zero attached hydrogens (tertiary/aromatic N) is 3. The van der Waals surface area contributed by atoms with E-state index in [-0.39, 0.29) is 10.9 Å². The van der Waals surface area contributed by atoms with Gasteiger partial charge in [-0.1, -0.05) is 121 Å². The highest BCUT2D eigenvalue weighted by molar-refractivity contribution is 6.13. The van der Waals surface area contributed by atoms with E-state index in [1.165, 1.54) is 6.92 Å². The molecule has 0 fully saturated rings. The van der Waals surface area contributed by atoms with E-state index in [9.17, 15) is 16.4 Å². The topological polar surface area (TPSA) is 14.8 Å². The van der Waals surface area contributed by atoms with Crippen molar-refractivity contribution in [2.75, 3.05) is 0 Å². The molecule has 0 saturated heterocycles. The fraction of sp³-hybridized carbons (Fsp3) is 0.0204. The summed E-state index contributed by atoms with van der Waals surface area (Å²) in [5, 5.41) is -3.31. The molecule has 0 spiro atoms. The highest BCUT2D eigenvalue weighted by Crippen LogP contribution is 2.41. The summed E-state index contributed by atoms with van der Waals surface area (Å²) in [6.45, 7) is 1.29. The van der Waals surface area contributed by atoms with Crippen LogP contribution in [0.15, 0.2) is 181 Å². The second kappa shape index (κ2) is 11.1. The Labute approximate surface area is 343 Å². The number of fused-ring (bicyclic) bond motifs is 9. The van der Waals surface area contributed by atoms with E-state index in [1.54, 1.807) is 0 Å². The quantitative estimate of drug-likeness (QED) is 0.174. The molecule has 0 aliphatic heterocycles. The van der Waals surface area contributed by atoms with Crippen LogP contribution in [0.5, 0.6) is 0 Å². The van der Waals surface area contributed by atoms with Gasteiger partial charge in [0.15, 0.2) is 0 Å². The SMILES string of the molecule is [2H]c1c([2H])c([2H])c(-n2c3c([2H])c([2H])c([2H])c([2H])c3c3c([2H])c([2H])c([2H])c([2H])c32)c(-c2c([2H])c([2H])c([2H])c([2H])c2-n2c3c([2H])c([2H])c([2H])c([2H])c3c3c([2H])c(-n4c5c([2H])c([2H])c([2H])c([2H])c5c5c([2H])c([2H])c(C)c([2H])c54)c([2H])c([2H])c32)c1[2H]. The summed E-state index contributed by atoms with van der Waals surface area (Å²) in [6.07, 6.45) is 0. The molecule has 244 valence electrons. The van der Waals surface area contributed by atoms with Crippen molar-refractivity contribution in [2.45, 2.75) is 6.92 Å². The van der Waals surface area contributed by atoms with Gasteiger partial charge in [-0.15, -0.1) is 0 Å². The fourth-order valence-electron chi connectivity index (χ4n) is 6.62. The lowest BCUT2D eigenvalue weighted by Crippen LogP contribution is -2.01. The van der Waals surface area contributed by atoms with Gasteiger partial charge in [-0.2, -0.15) is 0 Å². The summed E-state index contributed by atoms with van der Waals surface area (Å²) in [5.74, 6) is 0. The molecule has 3 aromatic heterocycles. The predicted octanol–water partition coefficient (Wildman–Crippen LogP) is 13.0. The molecule has 0 saturated carbocycles. The molecule has 3 heterocycles. The zero-order valence-corrected chi connectivity index (χ0v) is 26.3. The van der Waals surface area contributed by atoms with Crippen LogP contribution in [0.2, 0.25) is 0 Å². The first kappa shape index (κ1) is 12.1. The summed E-state index contributed by atoms with van der Waals surface area (Å²) in [4.78, 5) is 0. The Morgan fingerprint density at radius 2 is 0.731 bits per heavy atom. The van der Waals surface area contributed by atoms with Gasteiger partial charge in [0, 0.05) is 49.1 Å². The maximum atomic E-state index is 10.1. The Bertz CT molecular complexity index is 4780. The molecular weight excluding hydrogens is 631 g/mol. The summed E-state index contributed by atoms with van der Waals surface area (Å²) < 4.78 is 277. The Hall–Kier alpha value is -6.84. The van der Waals surface area contributed by atoms with E-state index in [2.05, 4.69) is 0 Å². The minimum absolute atomic E-state index is 0.154. The average molecular weight is 694 g/mol. The van der Waals surface area contributed by atoms with Crippen molar-refractivity contribution in [3.63, 3.8) is 0 Å². The largest absolute Gasteiger partial charge is 0.309 e. The number of hydrogen-bond donors (Lipinski definition) is 0. The third-order valence-corrected chi connectivity index (χ3v) is 8.72. The Kier molecular flexibility index (Phi) is 2.59. The average Bonchev–Trinajstić information content (AvgIpc) is 1.67. The van der Waals surface area contributed by atoms with Gasteiger partial charge < -0.3 is 13.7 Å². The van der Waals surface area contributed by atoms with Crippen LogP contribution in [-0.4, -0.2) is 13.7 Å². The first-order chi connectivity index (χ1) is 38.2. The van der Waals surface area contributed by atoms with Crippen molar-refractivity contribution >= 4 is 65.4 Å². The van der Waals surface area contributed by atoms with Crippen LogP contribution >= 0.6 is 0 Å². The molecule has 3 nitrogen and oxygen atoms in total. The number of hydrogen-bond acceptors (Lipinski definition) is 0. The highest BCUT2D eigenvalue weighted by Gasteiger charge is 2.21. The lowest BCUT2D eigenvalue weighted by molar-refractivity contribution is 1.15. The smallest absolute Gasteiger partial charge is 0.0652 e. The van der Waals surface area contributed by atoms with E-state index in [1.807, 2.05) is 0 Å². The Morgan fingerprint density at radius 1 is 0.327 bits per heavy atom. The van der Waals surface area contributed by atoms with Gasteiger partial charge in [-0.25, -0.2) is 0 Å². The summed E-state index contributed by atoms with van der Waals surface area (Å²) >= 11 is 0. The molecule has 0 aliphatic rings. The first-order valence-corrected chi connectivity index (χ1v) is 15.5. The van der Waals surface area contributed by atoms with E-state index < -0.39 is 269 Å². The molecule has 0 N–H and O–H groups in total. The molecule has 11 aromatic rings. The Balaban J connectivity index is 1.43. The summed E-state index contributed by atoms with van der Waals surface area (Å²) in [6, 6.07) is -28.2. The molecule has 0 amide bonds. The van der Waals surface area contributed by atoms with Crippen LogP contribution in [0.4, 0.5) is 0 Å². The van der Waals surface area contributed by atoms with Crippen LogP contribution in [0.25, 0.3) is 93.6 Å². The molecule has 8 aromatic carbocycles. The normalized spacial score (nSPS) is 20.0. The van der Waals surface area contributed by atoms with Crippen LogP contribution < -0.4 is 0 Å². The standard InChI is InChI=1S/C49H33N3/c1-32-26-28-40-38-18-2-8-20-42(38)50(49(40)30-32)33-27-29-48-41(31-33)39-19-7-13-25-47(39)52(48)46-24-12-6-17-37(46)36-16-5-11-23-45(36)51-43-21-9-3-14-34(43)35-15-4-10-22-44(35)51/h2-31H,1H3/i2D,3D,4D,5D,6D,7D,8D,9D,10D,11D,12D,13D,14D,15D,16D,17D,18D,19D,20D,21D,22D,23D,24D,25D,26D,27D,28D,29D,30D,31D. The zero-order chi connectivity index (χ0) is 60.4. The summed E-state index contributed by atoms with van der Waals surface area (Å²) in [7, 11) is 0. The minimum Gasteiger partial charge on any atom is -0.309 e. The number of benzene rings is 8. The van der Waals surface area contributed by atoms with Crippen molar-refractivity contribution < 1.29 is 41.1 Å². The maximum Gasteiger partial charge on any atom is 0.0652 e. The molecule has 0 atom stereocenters. The molecule has 0 aliphatic carbocycles. The summed E-state index contributed by atoms with van der Waals surface area (Å²) in [5.41, 5.74) is -8.73. The van der Waals surface area contributed by atoms with Gasteiger partial charge in [0.2, 0.25) is 0 Å². The predicted molar refractivity (Wildman–Crippen MR) is 220 cm³/mol. The van der Waals surface area contributed by atoms with Crippen molar-refractivity contribution in [2.24, 2.45) is 0 Å². The fourth-order valence-corrected chi connectivity index (χ4v) is 6.62. The van der Waals surface area contributed by atoms with E-state index in [4.69, 9.17) is 24.7 Å². The van der Waals surface area contributed by atoms with Crippen LogP contribution in [0.3, 0.4) is 0 Å². The van der Waals surface area contributed by atoms with Crippen molar-refractivity contribution in [3.8, 4) is 28.2 Å². The highest BCUT2D eigenvalue weighted by atomic mass is 15.0. The van der Waals surface area contributed by atoms with Gasteiger partial charge in [-0.05, 0) is 72.9 Å². The number of para-hydroxylation sites is 6. The van der Waals surface area contributed by atoms with Gasteiger partial charge in [0.05, 0.1) is 85.6 Å². The van der Waals surface area contributed by atoms with Crippen LogP contribution in [0, 0.1) is 6.92 Å². The lowest BCUT2D eigenvalue weighted by atomic mass is 10.0. The maximum absolute atomic E-state index is 10.1. The second-order valence-corrected chi connectivity index (χ2v) is 11.5. The number of aromatic nitrogens is 3. The van der Waals surface area contributed by atoms with Crippen molar-refractivity contribution in [1.82, 2.24) is 13.7 Å². The Morgan fingerprint density at radius 3 is 1.27 bits per heavy atom. The molecule has 0 bridgehead atoms. The molecule has 0 unspecified atom stereocenters. The van der Waals surface area contributed by atoms with Gasteiger partial charge in [0.1, 0.15) is 0 Å². The lowest BCUT2D eigenvalue weighted by Gasteiger charge is -2.18. The zero-order valence-electron chi connectivity index (χ0n) is 56.3. The third kappa shape index (κ3) is 4.08. The number of rotatable bonds is 4. The van der Waals surface area contributed by atoms with Crippen molar-refractivity contribution in [3.05, 3.63) is 187 Å². The monoisotopic (exact) mass is 693 g/mol.